The highest BCUT2D eigenvalue weighted by Crippen LogP contribution is 2.31. The Morgan fingerprint density at radius 1 is 1.10 bits per heavy atom. The largest absolute Gasteiger partial charge is 0.307 e. The van der Waals surface area contributed by atoms with Gasteiger partial charge in [-0.05, 0) is 37.6 Å². The van der Waals surface area contributed by atoms with Crippen LogP contribution in [0.2, 0.25) is 0 Å². The molecule has 0 N–H and O–H groups in total. The molecule has 0 bridgehead atoms. The van der Waals surface area contributed by atoms with Gasteiger partial charge in [0.25, 0.3) is 5.91 Å². The van der Waals surface area contributed by atoms with Gasteiger partial charge in [0.1, 0.15) is 0 Å². The van der Waals surface area contributed by atoms with E-state index in [1.54, 1.807) is 11.0 Å². The third-order valence-electron chi connectivity index (χ3n) is 3.88. The highest BCUT2D eigenvalue weighted by Gasteiger charge is 2.29. The molecular formula is C18H17NO2. The third-order valence-corrected chi connectivity index (χ3v) is 3.88. The first-order valence-corrected chi connectivity index (χ1v) is 7.09. The van der Waals surface area contributed by atoms with Gasteiger partial charge in [0.2, 0.25) is 0 Å². The van der Waals surface area contributed by atoms with Crippen molar-refractivity contribution < 1.29 is 9.59 Å². The Balaban J connectivity index is 2.07. The minimum absolute atomic E-state index is 0.0400. The van der Waals surface area contributed by atoms with Crippen molar-refractivity contribution in [3.8, 4) is 0 Å². The Kier molecular flexibility index (Phi) is 3.34. The summed E-state index contributed by atoms with van der Waals surface area (Å²) in [5, 5.41) is 0. The number of rotatable bonds is 1. The van der Waals surface area contributed by atoms with Gasteiger partial charge >= 0.3 is 0 Å². The van der Waals surface area contributed by atoms with Crippen LogP contribution in [0.15, 0.2) is 42.5 Å². The molecular weight excluding hydrogens is 262 g/mol. The number of Topliss-reactive ketones (excluding diaryl/α,β-unsaturated/α-hetero) is 1. The van der Waals surface area contributed by atoms with Gasteiger partial charge in [0, 0.05) is 24.1 Å². The highest BCUT2D eigenvalue weighted by atomic mass is 16.2. The van der Waals surface area contributed by atoms with Crippen LogP contribution in [0, 0.1) is 13.8 Å². The van der Waals surface area contributed by atoms with Crippen LogP contribution >= 0.6 is 0 Å². The van der Waals surface area contributed by atoms with Crippen LogP contribution < -0.4 is 4.90 Å². The molecule has 0 unspecified atom stereocenters. The van der Waals surface area contributed by atoms with Crippen molar-refractivity contribution in [1.29, 1.82) is 0 Å². The minimum Gasteiger partial charge on any atom is -0.307 e. The lowest BCUT2D eigenvalue weighted by Gasteiger charge is -2.30. The van der Waals surface area contributed by atoms with E-state index in [0.717, 1.165) is 16.8 Å². The van der Waals surface area contributed by atoms with Gasteiger partial charge in [0.15, 0.2) is 5.78 Å². The summed E-state index contributed by atoms with van der Waals surface area (Å²) in [5.41, 5.74) is 4.10. The standard InChI is InChI=1S/C18H17NO2/c1-12-5-3-7-14(11-12)18(21)19-10-9-16(20)15-8-4-6-13(2)17(15)19/h3-8,11H,9-10H2,1-2H3. The van der Waals surface area contributed by atoms with Crippen LogP contribution in [0.4, 0.5) is 5.69 Å². The van der Waals surface area contributed by atoms with Crippen LogP contribution in [0.1, 0.15) is 38.3 Å². The molecule has 0 spiro atoms. The van der Waals surface area contributed by atoms with E-state index in [2.05, 4.69) is 0 Å². The van der Waals surface area contributed by atoms with Crippen molar-refractivity contribution in [2.45, 2.75) is 20.3 Å². The number of para-hydroxylation sites is 1. The number of hydrogen-bond donors (Lipinski definition) is 0. The van der Waals surface area contributed by atoms with E-state index in [1.807, 2.05) is 50.2 Å². The SMILES string of the molecule is Cc1cccc(C(=O)N2CCC(=O)c3cccc(C)c32)c1. The minimum atomic E-state index is -0.0400. The number of nitrogens with zero attached hydrogens (tertiary/aromatic N) is 1. The first-order chi connectivity index (χ1) is 10.1. The Morgan fingerprint density at radius 3 is 2.62 bits per heavy atom. The predicted molar refractivity (Wildman–Crippen MR) is 83.0 cm³/mol. The van der Waals surface area contributed by atoms with Crippen LogP contribution in [0.3, 0.4) is 0 Å². The molecule has 21 heavy (non-hydrogen) atoms. The second-order valence-electron chi connectivity index (χ2n) is 5.47. The van der Waals surface area contributed by atoms with Gasteiger partial charge in [-0.15, -0.1) is 0 Å². The van der Waals surface area contributed by atoms with E-state index in [0.29, 0.717) is 24.1 Å². The molecule has 3 heteroatoms. The van der Waals surface area contributed by atoms with Crippen LogP contribution in [-0.2, 0) is 0 Å². The maximum absolute atomic E-state index is 12.8. The molecule has 0 saturated carbocycles. The summed E-state index contributed by atoms with van der Waals surface area (Å²) < 4.78 is 0. The molecule has 0 saturated heterocycles. The Bertz CT molecular complexity index is 734. The molecule has 0 aliphatic carbocycles. The lowest BCUT2D eigenvalue weighted by Crippen LogP contribution is -2.38. The molecule has 0 atom stereocenters. The van der Waals surface area contributed by atoms with Gasteiger partial charge < -0.3 is 4.90 Å². The van der Waals surface area contributed by atoms with E-state index in [4.69, 9.17) is 0 Å². The lowest BCUT2D eigenvalue weighted by atomic mass is 9.96. The van der Waals surface area contributed by atoms with E-state index in [-0.39, 0.29) is 11.7 Å². The summed E-state index contributed by atoms with van der Waals surface area (Å²) in [6, 6.07) is 13.2. The first-order valence-electron chi connectivity index (χ1n) is 7.09. The summed E-state index contributed by atoms with van der Waals surface area (Å²) in [7, 11) is 0. The fraction of sp³-hybridized carbons (Fsp3) is 0.222. The zero-order chi connectivity index (χ0) is 15.0. The zero-order valence-electron chi connectivity index (χ0n) is 12.2. The average Bonchev–Trinajstić information content (AvgIpc) is 2.48. The van der Waals surface area contributed by atoms with Crippen molar-refractivity contribution in [3.63, 3.8) is 0 Å². The number of hydrogen-bond acceptors (Lipinski definition) is 2. The number of amides is 1. The van der Waals surface area contributed by atoms with E-state index < -0.39 is 0 Å². The summed E-state index contributed by atoms with van der Waals surface area (Å²) in [6.45, 7) is 4.35. The van der Waals surface area contributed by atoms with Gasteiger partial charge in [-0.3, -0.25) is 9.59 Å². The average molecular weight is 279 g/mol. The molecule has 1 aliphatic heterocycles. The summed E-state index contributed by atoms with van der Waals surface area (Å²) in [6.07, 6.45) is 0.383. The molecule has 2 aromatic rings. The van der Waals surface area contributed by atoms with Gasteiger partial charge in [0.05, 0.1) is 5.69 Å². The highest BCUT2D eigenvalue weighted by molar-refractivity contribution is 6.14. The van der Waals surface area contributed by atoms with Crippen LogP contribution in [0.25, 0.3) is 0 Å². The second-order valence-corrected chi connectivity index (χ2v) is 5.47. The van der Waals surface area contributed by atoms with E-state index in [9.17, 15) is 9.59 Å². The number of ketones is 1. The van der Waals surface area contributed by atoms with E-state index >= 15 is 0 Å². The van der Waals surface area contributed by atoms with Crippen molar-refractivity contribution >= 4 is 17.4 Å². The third kappa shape index (κ3) is 2.35. The Labute approximate surface area is 124 Å². The molecule has 106 valence electrons. The number of benzene rings is 2. The lowest BCUT2D eigenvalue weighted by molar-refractivity contribution is 0.0955. The predicted octanol–water partition coefficient (Wildman–Crippen LogP) is 3.54. The molecule has 0 fully saturated rings. The Hall–Kier alpha value is -2.42. The normalized spacial score (nSPS) is 14.0. The molecule has 0 aromatic heterocycles. The number of carbonyl (C=O) groups excluding carboxylic acids is 2. The van der Waals surface area contributed by atoms with Crippen molar-refractivity contribution in [2.24, 2.45) is 0 Å². The fourth-order valence-corrected chi connectivity index (χ4v) is 2.84. The molecule has 1 aliphatic rings. The number of aryl methyl sites for hydroxylation is 2. The van der Waals surface area contributed by atoms with Crippen molar-refractivity contribution in [2.75, 3.05) is 11.4 Å². The fourth-order valence-electron chi connectivity index (χ4n) is 2.84. The smallest absolute Gasteiger partial charge is 0.258 e. The molecule has 3 nitrogen and oxygen atoms in total. The van der Waals surface area contributed by atoms with E-state index in [1.165, 1.54) is 0 Å². The molecule has 2 aromatic carbocycles. The van der Waals surface area contributed by atoms with Crippen molar-refractivity contribution in [3.05, 3.63) is 64.7 Å². The molecule has 1 amide bonds. The molecule has 1 heterocycles. The number of fused-ring (bicyclic) bond motifs is 1. The molecule has 0 radical (unpaired) electrons. The topological polar surface area (TPSA) is 37.4 Å². The monoisotopic (exact) mass is 279 g/mol. The van der Waals surface area contributed by atoms with Gasteiger partial charge in [-0.2, -0.15) is 0 Å². The Morgan fingerprint density at radius 2 is 1.86 bits per heavy atom. The summed E-state index contributed by atoms with van der Waals surface area (Å²) >= 11 is 0. The molecule has 3 rings (SSSR count). The van der Waals surface area contributed by atoms with Crippen LogP contribution in [0.5, 0.6) is 0 Å². The van der Waals surface area contributed by atoms with Gasteiger partial charge in [-0.1, -0.05) is 29.8 Å². The van der Waals surface area contributed by atoms with Gasteiger partial charge in [-0.25, -0.2) is 0 Å². The van der Waals surface area contributed by atoms with Crippen molar-refractivity contribution in [1.82, 2.24) is 0 Å². The zero-order valence-corrected chi connectivity index (χ0v) is 12.2. The first kappa shape index (κ1) is 13.6. The maximum atomic E-state index is 12.8. The number of carbonyl (C=O) groups is 2. The quantitative estimate of drug-likeness (QED) is 0.800. The summed E-state index contributed by atoms with van der Waals surface area (Å²) in [5.74, 6) is 0.0729. The van der Waals surface area contributed by atoms with Crippen LogP contribution in [-0.4, -0.2) is 18.2 Å². The maximum Gasteiger partial charge on any atom is 0.258 e. The summed E-state index contributed by atoms with van der Waals surface area (Å²) in [4.78, 5) is 26.6. The number of anilines is 1. The second kappa shape index (κ2) is 5.17.